The molecule has 0 atom stereocenters. The van der Waals surface area contributed by atoms with Crippen molar-refractivity contribution in [1.82, 2.24) is 39.3 Å². The van der Waals surface area contributed by atoms with Crippen molar-refractivity contribution in [3.63, 3.8) is 0 Å². The van der Waals surface area contributed by atoms with Crippen LogP contribution in [0.2, 0.25) is 0 Å². The fourth-order valence-corrected chi connectivity index (χ4v) is 4.98. The quantitative estimate of drug-likeness (QED) is 0.436. The maximum atomic E-state index is 4.95. The summed E-state index contributed by atoms with van der Waals surface area (Å²) in [7, 11) is 0. The normalized spacial score (nSPS) is 16.3. The minimum atomic E-state index is 0.816. The lowest BCUT2D eigenvalue weighted by molar-refractivity contribution is 0.201. The van der Waals surface area contributed by atoms with Crippen LogP contribution in [0.25, 0.3) is 0 Å². The molecular weight excluding hydrogens is 448 g/mol. The van der Waals surface area contributed by atoms with Crippen LogP contribution in [0, 0.1) is 13.8 Å². The van der Waals surface area contributed by atoms with E-state index in [1.165, 1.54) is 11.4 Å². The number of hydrogen-bond acceptors (Lipinski definition) is 6. The summed E-state index contributed by atoms with van der Waals surface area (Å²) >= 11 is 0. The monoisotopic (exact) mass is 484 g/mol. The lowest BCUT2D eigenvalue weighted by Crippen LogP contribution is -2.30. The zero-order valence-corrected chi connectivity index (χ0v) is 21.4. The number of pyridine rings is 2. The van der Waals surface area contributed by atoms with Gasteiger partial charge in [-0.2, -0.15) is 10.2 Å². The smallest absolute Gasteiger partial charge is 0.0767 e. The molecule has 36 heavy (non-hydrogen) atoms. The molecule has 0 radical (unpaired) electrons. The van der Waals surface area contributed by atoms with Gasteiger partial charge in [0.2, 0.25) is 0 Å². The second kappa shape index (κ2) is 11.6. The van der Waals surface area contributed by atoms with Crippen LogP contribution in [0.5, 0.6) is 0 Å². The van der Waals surface area contributed by atoms with Crippen molar-refractivity contribution >= 4 is 0 Å². The number of fused-ring (bicyclic) bond motifs is 4. The Kier molecular flexibility index (Phi) is 7.83. The van der Waals surface area contributed by atoms with Gasteiger partial charge in [0.25, 0.3) is 0 Å². The van der Waals surface area contributed by atoms with Crippen molar-refractivity contribution in [2.24, 2.45) is 0 Å². The molecule has 0 saturated carbocycles. The van der Waals surface area contributed by atoms with E-state index in [9.17, 15) is 0 Å². The number of nitrogens with zero attached hydrogens (tertiary/aromatic N) is 8. The molecule has 0 N–H and O–H groups in total. The van der Waals surface area contributed by atoms with E-state index in [1.54, 1.807) is 0 Å². The van der Waals surface area contributed by atoms with Gasteiger partial charge in [-0.25, -0.2) is 0 Å². The highest BCUT2D eigenvalue weighted by Gasteiger charge is 2.16. The first-order chi connectivity index (χ1) is 17.6. The standard InChI is InChI=1S/C28H36N8/c1-23-17-27-21-33(19-25-9-3-5-11-29-25)13-7-14-34(20-26-10-4-6-12-30-26)22-28-18-24(2)36(32-28)16-8-15-35(23)31-27/h3-6,9-12,17-18H,7-8,13-16,19-22H2,1-2H3. The van der Waals surface area contributed by atoms with Crippen LogP contribution in [0.3, 0.4) is 0 Å². The SMILES string of the molecule is Cc1cc2nn1CCCn1nc(cc1C)CN(Cc1ccccn1)CCCN(Cc1ccccn1)C2. The molecule has 0 saturated heterocycles. The molecule has 1 aliphatic rings. The molecule has 4 bridgehead atoms. The van der Waals surface area contributed by atoms with Crippen LogP contribution in [0.4, 0.5) is 0 Å². The number of aromatic nitrogens is 6. The van der Waals surface area contributed by atoms with Gasteiger partial charge < -0.3 is 0 Å². The van der Waals surface area contributed by atoms with Gasteiger partial charge in [-0.15, -0.1) is 0 Å². The van der Waals surface area contributed by atoms with E-state index in [-0.39, 0.29) is 0 Å². The van der Waals surface area contributed by atoms with Crippen LogP contribution in [-0.2, 0) is 39.3 Å². The van der Waals surface area contributed by atoms with Crippen molar-refractivity contribution in [3.05, 3.63) is 95.1 Å². The summed E-state index contributed by atoms with van der Waals surface area (Å²) < 4.78 is 4.29. The lowest BCUT2D eigenvalue weighted by Gasteiger charge is -2.25. The van der Waals surface area contributed by atoms with E-state index in [0.717, 1.165) is 88.0 Å². The van der Waals surface area contributed by atoms with E-state index in [0.29, 0.717) is 0 Å². The maximum absolute atomic E-state index is 4.95. The van der Waals surface area contributed by atoms with E-state index in [2.05, 4.69) is 79.4 Å². The molecule has 0 fully saturated rings. The van der Waals surface area contributed by atoms with Crippen molar-refractivity contribution in [2.45, 2.75) is 66.0 Å². The highest BCUT2D eigenvalue weighted by Crippen LogP contribution is 2.15. The molecule has 8 nitrogen and oxygen atoms in total. The molecule has 0 aliphatic carbocycles. The van der Waals surface area contributed by atoms with Crippen molar-refractivity contribution in [1.29, 1.82) is 0 Å². The molecule has 0 amide bonds. The molecule has 5 rings (SSSR count). The molecule has 188 valence electrons. The Balaban J connectivity index is 1.38. The van der Waals surface area contributed by atoms with Crippen LogP contribution >= 0.6 is 0 Å². The van der Waals surface area contributed by atoms with Crippen LogP contribution < -0.4 is 0 Å². The number of rotatable bonds is 4. The van der Waals surface area contributed by atoms with Crippen LogP contribution in [0.15, 0.2) is 60.9 Å². The van der Waals surface area contributed by atoms with Crippen molar-refractivity contribution < 1.29 is 0 Å². The molecule has 8 heteroatoms. The van der Waals surface area contributed by atoms with Crippen LogP contribution in [-0.4, -0.2) is 52.4 Å². The fraction of sp³-hybridized carbons (Fsp3) is 0.429. The first-order valence-corrected chi connectivity index (χ1v) is 12.9. The highest BCUT2D eigenvalue weighted by atomic mass is 15.3. The Labute approximate surface area is 213 Å². The summed E-state index contributed by atoms with van der Waals surface area (Å²) in [5.41, 5.74) is 6.86. The zero-order valence-electron chi connectivity index (χ0n) is 21.4. The summed E-state index contributed by atoms with van der Waals surface area (Å²) in [6.07, 6.45) is 5.79. The molecule has 4 aromatic heterocycles. The molecular formula is C28H36N8. The van der Waals surface area contributed by atoms with Gasteiger partial charge in [0.05, 0.1) is 22.8 Å². The Morgan fingerprint density at radius 2 is 1.11 bits per heavy atom. The van der Waals surface area contributed by atoms with Crippen molar-refractivity contribution in [2.75, 3.05) is 13.1 Å². The van der Waals surface area contributed by atoms with E-state index in [1.807, 2.05) is 24.5 Å². The predicted molar refractivity (Wildman–Crippen MR) is 140 cm³/mol. The first kappa shape index (κ1) is 24.3. The van der Waals surface area contributed by atoms with Gasteiger partial charge >= 0.3 is 0 Å². The zero-order chi connectivity index (χ0) is 24.7. The third-order valence-corrected chi connectivity index (χ3v) is 6.75. The summed E-state index contributed by atoms with van der Waals surface area (Å²) in [6, 6.07) is 16.7. The number of hydrogen-bond donors (Lipinski definition) is 0. The molecule has 5 heterocycles. The Morgan fingerprint density at radius 3 is 1.56 bits per heavy atom. The Morgan fingerprint density at radius 1 is 0.639 bits per heavy atom. The second-order valence-corrected chi connectivity index (χ2v) is 9.77. The average Bonchev–Trinajstić information content (AvgIpc) is 3.40. The Bertz CT molecular complexity index is 1140. The predicted octanol–water partition coefficient (Wildman–Crippen LogP) is 3.98. The first-order valence-electron chi connectivity index (χ1n) is 12.9. The molecule has 0 aromatic carbocycles. The highest BCUT2D eigenvalue weighted by molar-refractivity contribution is 5.11. The summed E-state index contributed by atoms with van der Waals surface area (Å²) in [5, 5.41) is 9.90. The lowest BCUT2D eigenvalue weighted by atomic mass is 10.2. The molecule has 1 aliphatic heterocycles. The largest absolute Gasteiger partial charge is 0.292 e. The van der Waals surface area contributed by atoms with Crippen LogP contribution in [0.1, 0.15) is 47.0 Å². The van der Waals surface area contributed by atoms with Gasteiger partial charge in [0, 0.05) is 76.1 Å². The van der Waals surface area contributed by atoms with E-state index in [4.69, 9.17) is 10.2 Å². The third kappa shape index (κ3) is 6.44. The third-order valence-electron chi connectivity index (χ3n) is 6.75. The minimum Gasteiger partial charge on any atom is -0.292 e. The topological polar surface area (TPSA) is 67.9 Å². The maximum Gasteiger partial charge on any atom is 0.0767 e. The minimum absolute atomic E-state index is 0.816. The van der Waals surface area contributed by atoms with Gasteiger partial charge in [0.1, 0.15) is 0 Å². The second-order valence-electron chi connectivity index (χ2n) is 9.77. The summed E-state index contributed by atoms with van der Waals surface area (Å²) in [4.78, 5) is 14.1. The van der Waals surface area contributed by atoms with Crippen molar-refractivity contribution in [3.8, 4) is 0 Å². The van der Waals surface area contributed by atoms with Gasteiger partial charge in [-0.3, -0.25) is 29.1 Å². The summed E-state index contributed by atoms with van der Waals surface area (Å²) in [5.74, 6) is 0. The van der Waals surface area contributed by atoms with Gasteiger partial charge in [-0.1, -0.05) is 12.1 Å². The molecule has 0 spiro atoms. The summed E-state index contributed by atoms with van der Waals surface area (Å²) in [6.45, 7) is 11.3. The average molecular weight is 485 g/mol. The van der Waals surface area contributed by atoms with E-state index >= 15 is 0 Å². The van der Waals surface area contributed by atoms with Gasteiger partial charge in [-0.05, 0) is 63.1 Å². The fourth-order valence-electron chi connectivity index (χ4n) is 4.98. The van der Waals surface area contributed by atoms with E-state index < -0.39 is 0 Å². The Hall–Kier alpha value is -3.36. The van der Waals surface area contributed by atoms with Gasteiger partial charge in [0.15, 0.2) is 0 Å². The molecule has 0 unspecified atom stereocenters. The number of aryl methyl sites for hydroxylation is 4. The molecule has 4 aromatic rings.